The van der Waals surface area contributed by atoms with Gasteiger partial charge in [0.1, 0.15) is 15.7 Å². The second-order valence-corrected chi connectivity index (χ2v) is 7.03. The van der Waals surface area contributed by atoms with E-state index in [1.807, 2.05) is 6.07 Å². The Bertz CT molecular complexity index is 821. The number of pyridine rings is 1. The molecule has 0 spiro atoms. The van der Waals surface area contributed by atoms with E-state index in [9.17, 15) is 9.59 Å². The molecule has 2 aromatic heterocycles. The predicted molar refractivity (Wildman–Crippen MR) is 104 cm³/mol. The third-order valence-electron chi connectivity index (χ3n) is 3.10. The number of anilines is 2. The van der Waals surface area contributed by atoms with Crippen molar-refractivity contribution in [2.45, 2.75) is 6.92 Å². The van der Waals surface area contributed by atoms with Crippen LogP contribution in [0.5, 0.6) is 0 Å². The number of nitrogens with one attached hydrogen (secondary N) is 2. The molecular weight excluding hydrogens is 430 g/mol. The number of hydrogen-bond donors (Lipinski definition) is 2. The zero-order valence-corrected chi connectivity index (χ0v) is 16.7. The van der Waals surface area contributed by atoms with Crippen molar-refractivity contribution in [2.75, 3.05) is 24.9 Å². The molecule has 0 amide bonds. The molecule has 0 fully saturated rings. The lowest BCUT2D eigenvalue weighted by molar-refractivity contribution is 0.0601. The zero-order chi connectivity index (χ0) is 18.6. The first-order valence-corrected chi connectivity index (χ1v) is 8.88. The molecule has 7 nitrogen and oxygen atoms in total. The summed E-state index contributed by atoms with van der Waals surface area (Å²) in [5, 5.41) is 6.42. The summed E-state index contributed by atoms with van der Waals surface area (Å²) in [6.45, 7) is 1.65. The molecule has 2 heterocycles. The van der Waals surface area contributed by atoms with Gasteiger partial charge < -0.3 is 20.1 Å². The fourth-order valence-electron chi connectivity index (χ4n) is 1.94. The lowest BCUT2D eigenvalue weighted by Crippen LogP contribution is -2.20. The number of carbonyl (C=O) groups is 2. The number of ether oxygens (including phenoxy) is 2. The van der Waals surface area contributed by atoms with Gasteiger partial charge in [0.05, 0.1) is 19.8 Å². The number of hydrogen-bond acceptors (Lipinski definition) is 7. The minimum absolute atomic E-state index is 0.220. The van der Waals surface area contributed by atoms with Crippen molar-refractivity contribution in [1.29, 1.82) is 0 Å². The van der Waals surface area contributed by atoms with E-state index < -0.39 is 11.9 Å². The number of halogens is 1. The van der Waals surface area contributed by atoms with E-state index >= 15 is 0 Å². The van der Waals surface area contributed by atoms with E-state index in [0.29, 0.717) is 21.3 Å². The van der Waals surface area contributed by atoms with E-state index in [2.05, 4.69) is 31.5 Å². The monoisotopic (exact) mass is 443 g/mol. The van der Waals surface area contributed by atoms with Crippen LogP contribution < -0.4 is 10.6 Å². The van der Waals surface area contributed by atoms with Crippen molar-refractivity contribution >= 4 is 67.4 Å². The highest BCUT2D eigenvalue weighted by atomic mass is 79.9. The van der Waals surface area contributed by atoms with Gasteiger partial charge in [-0.3, -0.25) is 0 Å². The van der Waals surface area contributed by atoms with E-state index in [-0.39, 0.29) is 10.7 Å². The molecule has 10 heteroatoms. The Morgan fingerprint density at radius 3 is 2.44 bits per heavy atom. The van der Waals surface area contributed by atoms with E-state index in [4.69, 9.17) is 21.7 Å². The average Bonchev–Trinajstić information content (AvgIpc) is 2.91. The Labute approximate surface area is 161 Å². The molecule has 0 unspecified atom stereocenters. The molecule has 2 aromatic rings. The fraction of sp³-hybridized carbons (Fsp3) is 0.200. The van der Waals surface area contributed by atoms with Crippen LogP contribution in [0.15, 0.2) is 22.8 Å². The smallest absolute Gasteiger partial charge is 0.348 e. The highest BCUT2D eigenvalue weighted by Gasteiger charge is 2.26. The summed E-state index contributed by atoms with van der Waals surface area (Å²) in [4.78, 5) is 28.4. The maximum atomic E-state index is 12.1. The number of rotatable bonds is 4. The minimum Gasteiger partial charge on any atom is -0.465 e. The van der Waals surface area contributed by atoms with Gasteiger partial charge in [-0.25, -0.2) is 14.6 Å². The molecule has 0 saturated heterocycles. The molecule has 0 aromatic carbocycles. The summed E-state index contributed by atoms with van der Waals surface area (Å²) < 4.78 is 10.4. The zero-order valence-electron chi connectivity index (χ0n) is 13.5. The van der Waals surface area contributed by atoms with Gasteiger partial charge in [-0.1, -0.05) is 0 Å². The van der Waals surface area contributed by atoms with Crippen LogP contribution in [0.2, 0.25) is 0 Å². The number of aromatic nitrogens is 1. The quantitative estimate of drug-likeness (QED) is 0.547. The first-order chi connectivity index (χ1) is 11.9. The first kappa shape index (κ1) is 19.3. The summed E-state index contributed by atoms with van der Waals surface area (Å²) in [5.74, 6) is -0.577. The van der Waals surface area contributed by atoms with Crippen LogP contribution in [0.4, 0.5) is 10.8 Å². The van der Waals surface area contributed by atoms with Crippen molar-refractivity contribution in [3.8, 4) is 0 Å². The highest BCUT2D eigenvalue weighted by molar-refractivity contribution is 9.10. The van der Waals surface area contributed by atoms with Crippen molar-refractivity contribution in [3.63, 3.8) is 0 Å². The number of thiophene rings is 1. The minimum atomic E-state index is -0.573. The molecule has 0 aliphatic carbocycles. The topological polar surface area (TPSA) is 89.5 Å². The van der Waals surface area contributed by atoms with Gasteiger partial charge in [0.25, 0.3) is 0 Å². The van der Waals surface area contributed by atoms with Crippen molar-refractivity contribution < 1.29 is 19.1 Å². The lowest BCUT2D eigenvalue weighted by atomic mass is 10.1. The van der Waals surface area contributed by atoms with Gasteiger partial charge in [0, 0.05) is 10.7 Å². The van der Waals surface area contributed by atoms with Crippen molar-refractivity contribution in [1.82, 2.24) is 4.98 Å². The molecular formula is C15H14BrN3O4S2. The fourth-order valence-corrected chi connectivity index (χ4v) is 3.56. The van der Waals surface area contributed by atoms with Crippen LogP contribution >= 0.6 is 39.5 Å². The third kappa shape index (κ3) is 4.53. The van der Waals surface area contributed by atoms with Gasteiger partial charge in [0.2, 0.25) is 0 Å². The third-order valence-corrected chi connectivity index (χ3v) is 4.96. The Kier molecular flexibility index (Phi) is 6.45. The van der Waals surface area contributed by atoms with Gasteiger partial charge >= 0.3 is 11.9 Å². The second kappa shape index (κ2) is 8.37. The van der Waals surface area contributed by atoms with Gasteiger partial charge in [0.15, 0.2) is 5.11 Å². The van der Waals surface area contributed by atoms with Gasteiger partial charge in [-0.05, 0) is 52.8 Å². The molecule has 25 heavy (non-hydrogen) atoms. The summed E-state index contributed by atoms with van der Waals surface area (Å²) in [5.41, 5.74) is 0.705. The molecule has 0 radical (unpaired) electrons. The SMILES string of the molecule is COC(=O)c1sc(NC(=S)Nc2ccc(Br)cn2)c(C(=O)OC)c1C. The number of nitrogens with zero attached hydrogens (tertiary/aromatic N) is 1. The number of methoxy groups -OCH3 is 2. The van der Waals surface area contributed by atoms with Crippen molar-refractivity contribution in [2.24, 2.45) is 0 Å². The predicted octanol–water partition coefficient (Wildman–Crippen LogP) is 3.60. The maximum absolute atomic E-state index is 12.1. The summed E-state index contributed by atoms with van der Waals surface area (Å²) in [7, 11) is 2.54. The van der Waals surface area contributed by atoms with E-state index in [0.717, 1.165) is 15.8 Å². The second-order valence-electron chi connectivity index (χ2n) is 4.68. The molecule has 2 N–H and O–H groups in total. The first-order valence-electron chi connectivity index (χ1n) is 6.87. The molecule has 0 aliphatic heterocycles. The van der Waals surface area contributed by atoms with Gasteiger partial charge in [-0.2, -0.15) is 0 Å². The standard InChI is InChI=1S/C15H14BrN3O4S2/c1-7-10(13(20)22-2)12(25-11(7)14(21)23-3)19-15(24)18-9-5-4-8(16)6-17-9/h4-6H,1-3H3,(H2,17,18,19,24). The molecule has 2 rings (SSSR count). The number of thiocarbonyl (C=S) groups is 1. The van der Waals surface area contributed by atoms with Crippen molar-refractivity contribution in [3.05, 3.63) is 38.8 Å². The Balaban J connectivity index is 2.27. The average molecular weight is 444 g/mol. The number of esters is 2. The molecule has 0 aliphatic rings. The molecule has 0 bridgehead atoms. The lowest BCUT2D eigenvalue weighted by Gasteiger charge is -2.10. The highest BCUT2D eigenvalue weighted by Crippen LogP contribution is 2.34. The Morgan fingerprint density at radius 2 is 1.88 bits per heavy atom. The van der Waals surface area contributed by atoms with E-state index in [1.165, 1.54) is 14.2 Å². The number of carbonyl (C=O) groups excluding carboxylic acids is 2. The van der Waals surface area contributed by atoms with E-state index in [1.54, 1.807) is 19.2 Å². The summed E-state index contributed by atoms with van der Waals surface area (Å²) >= 11 is 9.60. The van der Waals surface area contributed by atoms with Gasteiger partial charge in [-0.15, -0.1) is 11.3 Å². The summed E-state index contributed by atoms with van der Waals surface area (Å²) in [6, 6.07) is 3.54. The van der Waals surface area contributed by atoms with Crippen LogP contribution in [0.1, 0.15) is 25.6 Å². The van der Waals surface area contributed by atoms with Crippen LogP contribution in [-0.2, 0) is 9.47 Å². The van der Waals surface area contributed by atoms with Crippen LogP contribution in [0.25, 0.3) is 0 Å². The molecule has 132 valence electrons. The normalized spacial score (nSPS) is 10.1. The summed E-state index contributed by atoms with van der Waals surface area (Å²) in [6.07, 6.45) is 1.62. The largest absolute Gasteiger partial charge is 0.465 e. The van der Waals surface area contributed by atoms with Crippen LogP contribution in [0.3, 0.4) is 0 Å². The molecule has 0 saturated carbocycles. The Morgan fingerprint density at radius 1 is 1.20 bits per heavy atom. The molecule has 0 atom stereocenters. The van der Waals surface area contributed by atoms with Crippen LogP contribution in [0, 0.1) is 6.92 Å². The maximum Gasteiger partial charge on any atom is 0.348 e. The van der Waals surface area contributed by atoms with Crippen LogP contribution in [-0.4, -0.2) is 36.3 Å². The Hall–Kier alpha value is -2.04.